The number of hydrogen-bond donors (Lipinski definition) is 1. The van der Waals surface area contributed by atoms with Crippen molar-refractivity contribution in [3.05, 3.63) is 64.4 Å². The molecule has 0 atom stereocenters. The monoisotopic (exact) mass is 293 g/mol. The van der Waals surface area contributed by atoms with E-state index in [9.17, 15) is 14.3 Å². The molecule has 2 rings (SSSR count). The highest BCUT2D eigenvalue weighted by Crippen LogP contribution is 2.23. The Morgan fingerprint density at radius 1 is 1.25 bits per heavy atom. The Kier molecular flexibility index (Phi) is 4.25. The van der Waals surface area contributed by atoms with Crippen molar-refractivity contribution in [1.29, 1.82) is 0 Å². The first kappa shape index (κ1) is 14.3. The Bertz CT molecular complexity index is 625. The van der Waals surface area contributed by atoms with Crippen LogP contribution >= 0.6 is 11.6 Å². The van der Waals surface area contributed by atoms with Crippen LogP contribution in [-0.2, 0) is 6.54 Å². The van der Waals surface area contributed by atoms with Gasteiger partial charge in [-0.25, -0.2) is 4.39 Å². The van der Waals surface area contributed by atoms with E-state index in [0.717, 1.165) is 11.6 Å². The highest BCUT2D eigenvalue weighted by Gasteiger charge is 2.20. The molecule has 2 aromatic rings. The zero-order valence-corrected chi connectivity index (χ0v) is 11.6. The number of halogens is 2. The summed E-state index contributed by atoms with van der Waals surface area (Å²) in [7, 11) is 1.53. The molecule has 0 fully saturated rings. The van der Waals surface area contributed by atoms with Crippen LogP contribution in [0.3, 0.4) is 0 Å². The van der Waals surface area contributed by atoms with Gasteiger partial charge in [-0.05, 0) is 23.8 Å². The number of carbonyl (C=O) groups excluding carboxylic acids is 1. The van der Waals surface area contributed by atoms with Gasteiger partial charge in [-0.3, -0.25) is 4.79 Å². The van der Waals surface area contributed by atoms with Crippen molar-refractivity contribution < 1.29 is 14.3 Å². The summed E-state index contributed by atoms with van der Waals surface area (Å²) >= 11 is 6.02. The van der Waals surface area contributed by atoms with Gasteiger partial charge < -0.3 is 10.0 Å². The molecule has 0 spiro atoms. The van der Waals surface area contributed by atoms with Crippen molar-refractivity contribution in [3.63, 3.8) is 0 Å². The van der Waals surface area contributed by atoms with Crippen LogP contribution in [0.25, 0.3) is 0 Å². The predicted molar refractivity (Wildman–Crippen MR) is 75.3 cm³/mol. The molecule has 0 saturated carbocycles. The lowest BCUT2D eigenvalue weighted by Crippen LogP contribution is -2.27. The zero-order valence-electron chi connectivity index (χ0n) is 10.8. The van der Waals surface area contributed by atoms with E-state index < -0.39 is 11.7 Å². The second kappa shape index (κ2) is 5.92. The summed E-state index contributed by atoms with van der Waals surface area (Å²) < 4.78 is 13.6. The second-order valence-electron chi connectivity index (χ2n) is 4.39. The van der Waals surface area contributed by atoms with E-state index in [0.29, 0.717) is 5.02 Å². The maximum Gasteiger partial charge on any atom is 0.260 e. The molecule has 0 aliphatic rings. The summed E-state index contributed by atoms with van der Waals surface area (Å²) in [6.45, 7) is 0.228. The topological polar surface area (TPSA) is 40.5 Å². The summed E-state index contributed by atoms with van der Waals surface area (Å²) in [5.74, 6) is -1.72. The molecule has 0 bridgehead atoms. The molecule has 1 amide bonds. The summed E-state index contributed by atoms with van der Waals surface area (Å²) in [5, 5.41) is 10.2. The second-order valence-corrected chi connectivity index (χ2v) is 4.79. The smallest absolute Gasteiger partial charge is 0.260 e. The molecule has 0 saturated heterocycles. The number of nitrogens with zero attached hydrogens (tertiary/aromatic N) is 1. The van der Waals surface area contributed by atoms with Gasteiger partial charge in [0.25, 0.3) is 5.91 Å². The largest absolute Gasteiger partial charge is 0.507 e. The molecule has 20 heavy (non-hydrogen) atoms. The number of hydrogen-bond acceptors (Lipinski definition) is 2. The average molecular weight is 294 g/mol. The Morgan fingerprint density at radius 3 is 2.60 bits per heavy atom. The van der Waals surface area contributed by atoms with Crippen LogP contribution in [0.1, 0.15) is 15.9 Å². The molecule has 0 radical (unpaired) electrons. The fraction of sp³-hybridized carbons (Fsp3) is 0.133. The lowest BCUT2D eigenvalue weighted by molar-refractivity contribution is 0.0777. The van der Waals surface area contributed by atoms with Crippen LogP contribution in [0.4, 0.5) is 4.39 Å². The van der Waals surface area contributed by atoms with E-state index in [2.05, 4.69) is 0 Å². The van der Waals surface area contributed by atoms with Gasteiger partial charge in [0.15, 0.2) is 0 Å². The third-order valence-electron chi connectivity index (χ3n) is 2.92. The molecule has 0 heterocycles. The summed E-state index contributed by atoms with van der Waals surface area (Å²) in [4.78, 5) is 13.5. The van der Waals surface area contributed by atoms with Crippen LogP contribution in [0.2, 0.25) is 5.02 Å². The minimum Gasteiger partial charge on any atom is -0.507 e. The quantitative estimate of drug-likeness (QED) is 0.941. The van der Waals surface area contributed by atoms with Crippen LogP contribution in [0.15, 0.2) is 42.5 Å². The number of rotatable bonds is 3. The summed E-state index contributed by atoms with van der Waals surface area (Å²) in [5.41, 5.74) is 0.419. The SMILES string of the molecule is CN(Cc1ccccc1Cl)C(=O)c1c(O)cccc1F. The van der Waals surface area contributed by atoms with Gasteiger partial charge in [0, 0.05) is 18.6 Å². The van der Waals surface area contributed by atoms with Crippen LogP contribution in [-0.4, -0.2) is 23.0 Å². The maximum absolute atomic E-state index is 13.6. The van der Waals surface area contributed by atoms with Gasteiger partial charge in [-0.15, -0.1) is 0 Å². The molecule has 104 valence electrons. The van der Waals surface area contributed by atoms with Crippen molar-refractivity contribution >= 4 is 17.5 Å². The van der Waals surface area contributed by atoms with Crippen molar-refractivity contribution in [2.75, 3.05) is 7.05 Å². The van der Waals surface area contributed by atoms with Crippen molar-refractivity contribution in [2.45, 2.75) is 6.54 Å². The molecule has 0 aliphatic heterocycles. The minimum atomic E-state index is -0.749. The molecular weight excluding hydrogens is 281 g/mol. The predicted octanol–water partition coefficient (Wildman–Crippen LogP) is 3.46. The van der Waals surface area contributed by atoms with Gasteiger partial charge in [0.05, 0.1) is 0 Å². The van der Waals surface area contributed by atoms with Crippen LogP contribution in [0.5, 0.6) is 5.75 Å². The lowest BCUT2D eigenvalue weighted by Gasteiger charge is -2.19. The maximum atomic E-state index is 13.6. The number of benzene rings is 2. The van der Waals surface area contributed by atoms with E-state index in [-0.39, 0.29) is 17.9 Å². The van der Waals surface area contributed by atoms with Crippen LogP contribution < -0.4 is 0 Å². The highest BCUT2D eigenvalue weighted by molar-refractivity contribution is 6.31. The molecule has 0 aliphatic carbocycles. The van der Waals surface area contributed by atoms with E-state index >= 15 is 0 Å². The van der Waals surface area contributed by atoms with E-state index in [4.69, 9.17) is 11.6 Å². The standard InChI is InChI=1S/C15H13ClFNO2/c1-18(9-10-5-2-3-6-11(10)16)15(20)14-12(17)7-4-8-13(14)19/h2-8,19H,9H2,1H3. The first-order valence-corrected chi connectivity index (χ1v) is 6.35. The third kappa shape index (κ3) is 2.91. The van der Waals surface area contributed by atoms with E-state index in [1.807, 2.05) is 0 Å². The fourth-order valence-electron chi connectivity index (χ4n) is 1.87. The first-order valence-electron chi connectivity index (χ1n) is 5.97. The van der Waals surface area contributed by atoms with Crippen LogP contribution in [0, 0.1) is 5.82 Å². The fourth-order valence-corrected chi connectivity index (χ4v) is 2.06. The molecule has 3 nitrogen and oxygen atoms in total. The van der Waals surface area contributed by atoms with Crippen molar-refractivity contribution in [2.24, 2.45) is 0 Å². The first-order chi connectivity index (χ1) is 9.50. The Hall–Kier alpha value is -2.07. The molecular formula is C15H13ClFNO2. The number of phenolic OH excluding ortho intramolecular Hbond substituents is 1. The van der Waals surface area contributed by atoms with Crippen molar-refractivity contribution in [3.8, 4) is 5.75 Å². The normalized spacial score (nSPS) is 10.3. The van der Waals surface area contributed by atoms with Gasteiger partial charge in [0.1, 0.15) is 17.1 Å². The van der Waals surface area contributed by atoms with E-state index in [1.54, 1.807) is 24.3 Å². The van der Waals surface area contributed by atoms with E-state index in [1.165, 1.54) is 24.1 Å². The third-order valence-corrected chi connectivity index (χ3v) is 3.29. The molecule has 5 heteroatoms. The number of phenols is 1. The Balaban J connectivity index is 2.24. The van der Waals surface area contributed by atoms with Crippen molar-refractivity contribution in [1.82, 2.24) is 4.90 Å². The molecule has 2 aromatic carbocycles. The number of carbonyl (C=O) groups is 1. The molecule has 0 aromatic heterocycles. The average Bonchev–Trinajstić information content (AvgIpc) is 2.41. The zero-order chi connectivity index (χ0) is 14.7. The van der Waals surface area contributed by atoms with Gasteiger partial charge in [-0.2, -0.15) is 0 Å². The summed E-state index contributed by atoms with van der Waals surface area (Å²) in [6, 6.07) is 10.9. The number of aromatic hydroxyl groups is 1. The van der Waals surface area contributed by atoms with Gasteiger partial charge in [0.2, 0.25) is 0 Å². The lowest BCUT2D eigenvalue weighted by atomic mass is 10.1. The van der Waals surface area contributed by atoms with Gasteiger partial charge >= 0.3 is 0 Å². The number of amides is 1. The summed E-state index contributed by atoms with van der Waals surface area (Å²) in [6.07, 6.45) is 0. The Labute approximate surface area is 121 Å². The highest BCUT2D eigenvalue weighted by atomic mass is 35.5. The molecule has 0 unspecified atom stereocenters. The Morgan fingerprint density at radius 2 is 1.95 bits per heavy atom. The minimum absolute atomic E-state index is 0.228. The molecule has 1 N–H and O–H groups in total. The van der Waals surface area contributed by atoms with Gasteiger partial charge in [-0.1, -0.05) is 35.9 Å².